The van der Waals surface area contributed by atoms with E-state index in [0.29, 0.717) is 42.6 Å². The number of nitrogens with two attached hydrogens (primary N) is 1. The van der Waals surface area contributed by atoms with Crippen LogP contribution in [-0.2, 0) is 12.8 Å². The molecule has 3 aromatic rings. The van der Waals surface area contributed by atoms with E-state index in [2.05, 4.69) is 10.1 Å². The Morgan fingerprint density at radius 2 is 1.79 bits per heavy atom. The number of amides is 1. The molecule has 0 spiro atoms. The Balaban J connectivity index is 0.00000300. The summed E-state index contributed by atoms with van der Waals surface area (Å²) in [5, 5.41) is 5.02. The van der Waals surface area contributed by atoms with Crippen molar-refractivity contribution in [3.8, 4) is 5.69 Å². The van der Waals surface area contributed by atoms with Gasteiger partial charge in [0.25, 0.3) is 5.91 Å². The third-order valence-electron chi connectivity index (χ3n) is 4.46. The Bertz CT molecular complexity index is 930. The zero-order valence-electron chi connectivity index (χ0n) is 16.3. The van der Waals surface area contributed by atoms with Crippen LogP contribution in [-0.4, -0.2) is 45.2 Å². The van der Waals surface area contributed by atoms with Crippen molar-refractivity contribution >= 4 is 29.9 Å². The third kappa shape index (κ3) is 5.56. The average molecular weight is 434 g/mol. The highest BCUT2D eigenvalue weighted by Gasteiger charge is 2.22. The van der Waals surface area contributed by atoms with Crippen LogP contribution in [0.1, 0.15) is 28.9 Å². The molecule has 0 bridgehead atoms. The summed E-state index contributed by atoms with van der Waals surface area (Å²) in [6.45, 7) is 3.36. The van der Waals surface area contributed by atoms with Gasteiger partial charge in [-0.15, -0.1) is 17.5 Å². The van der Waals surface area contributed by atoms with E-state index in [1.807, 2.05) is 55.5 Å². The number of carbonyl (C=O) groups excluding carboxylic acids is 1. The van der Waals surface area contributed by atoms with E-state index in [1.165, 1.54) is 5.56 Å². The lowest BCUT2D eigenvalue weighted by Crippen LogP contribution is -2.37. The van der Waals surface area contributed by atoms with Gasteiger partial charge >= 0.3 is 0 Å². The molecule has 0 atom stereocenters. The number of halogens is 2. The number of para-hydroxylation sites is 1. The SMILES string of the molecule is CCc1nc(C(=O)N(CCN)CCc2ccccc2)nn1-c1ccccc1Cl.Cl. The van der Waals surface area contributed by atoms with E-state index < -0.39 is 0 Å². The predicted octanol–water partition coefficient (Wildman–Crippen LogP) is 3.55. The van der Waals surface area contributed by atoms with Gasteiger partial charge in [0.1, 0.15) is 5.82 Å². The zero-order chi connectivity index (χ0) is 19.9. The lowest BCUT2D eigenvalue weighted by Gasteiger charge is -2.20. The highest BCUT2D eigenvalue weighted by atomic mass is 35.5. The summed E-state index contributed by atoms with van der Waals surface area (Å²) in [6.07, 6.45) is 1.38. The lowest BCUT2D eigenvalue weighted by atomic mass is 10.1. The van der Waals surface area contributed by atoms with Gasteiger partial charge in [-0.1, -0.05) is 61.0 Å². The zero-order valence-corrected chi connectivity index (χ0v) is 17.9. The first-order valence-electron chi connectivity index (χ1n) is 9.38. The molecule has 0 fully saturated rings. The maximum atomic E-state index is 13.1. The molecule has 1 aromatic heterocycles. The second-order valence-electron chi connectivity index (χ2n) is 6.38. The van der Waals surface area contributed by atoms with Gasteiger partial charge in [-0.25, -0.2) is 9.67 Å². The molecule has 0 aliphatic heterocycles. The fraction of sp³-hybridized carbons (Fsp3) is 0.286. The van der Waals surface area contributed by atoms with E-state index >= 15 is 0 Å². The van der Waals surface area contributed by atoms with E-state index in [0.717, 1.165) is 6.42 Å². The summed E-state index contributed by atoms with van der Waals surface area (Å²) in [6, 6.07) is 17.4. The van der Waals surface area contributed by atoms with Crippen molar-refractivity contribution in [2.45, 2.75) is 19.8 Å². The van der Waals surface area contributed by atoms with E-state index in [4.69, 9.17) is 17.3 Å². The Labute approximate surface area is 182 Å². The molecule has 154 valence electrons. The van der Waals surface area contributed by atoms with Crippen molar-refractivity contribution < 1.29 is 4.79 Å². The Kier molecular flexibility index (Phi) is 8.64. The molecule has 0 saturated carbocycles. The van der Waals surface area contributed by atoms with Crippen LogP contribution in [0, 0.1) is 0 Å². The molecule has 0 saturated heterocycles. The van der Waals surface area contributed by atoms with Gasteiger partial charge in [-0.05, 0) is 24.1 Å². The molecule has 6 nitrogen and oxygen atoms in total. The fourth-order valence-electron chi connectivity index (χ4n) is 3.00. The minimum atomic E-state index is -0.220. The molecule has 2 N–H and O–H groups in total. The highest BCUT2D eigenvalue weighted by Crippen LogP contribution is 2.21. The van der Waals surface area contributed by atoms with Crippen LogP contribution >= 0.6 is 24.0 Å². The standard InChI is InChI=1S/C21H24ClN5O.ClH/c1-2-19-24-20(25-27(19)18-11-7-6-10-17(18)22)21(28)26(15-13-23)14-12-16-8-4-3-5-9-16;/h3-11H,2,12-15,23H2,1H3;1H. The summed E-state index contributed by atoms with van der Waals surface area (Å²) in [7, 11) is 0. The highest BCUT2D eigenvalue weighted by molar-refractivity contribution is 6.32. The van der Waals surface area contributed by atoms with Crippen molar-refractivity contribution in [2.75, 3.05) is 19.6 Å². The average Bonchev–Trinajstić information content (AvgIpc) is 3.16. The van der Waals surface area contributed by atoms with Crippen LogP contribution in [0.5, 0.6) is 0 Å². The number of carbonyl (C=O) groups is 1. The predicted molar refractivity (Wildman–Crippen MR) is 118 cm³/mol. The van der Waals surface area contributed by atoms with Crippen molar-refractivity contribution in [2.24, 2.45) is 5.73 Å². The van der Waals surface area contributed by atoms with Gasteiger partial charge in [-0.2, -0.15) is 0 Å². The normalized spacial score (nSPS) is 10.4. The summed E-state index contributed by atoms with van der Waals surface area (Å²) < 4.78 is 1.65. The Hall–Kier alpha value is -2.41. The van der Waals surface area contributed by atoms with Gasteiger partial charge in [0, 0.05) is 26.1 Å². The minimum absolute atomic E-state index is 0. The molecule has 0 radical (unpaired) electrons. The van der Waals surface area contributed by atoms with Crippen molar-refractivity contribution in [3.63, 3.8) is 0 Å². The molecular formula is C21H25Cl2N5O. The Morgan fingerprint density at radius 3 is 2.45 bits per heavy atom. The van der Waals surface area contributed by atoms with Crippen molar-refractivity contribution in [1.82, 2.24) is 19.7 Å². The number of hydrogen-bond donors (Lipinski definition) is 1. The second-order valence-corrected chi connectivity index (χ2v) is 6.79. The number of hydrogen-bond acceptors (Lipinski definition) is 4. The summed E-state index contributed by atoms with van der Waals surface area (Å²) >= 11 is 6.31. The molecule has 1 amide bonds. The molecule has 1 heterocycles. The quantitative estimate of drug-likeness (QED) is 0.588. The van der Waals surface area contributed by atoms with Gasteiger partial charge in [0.05, 0.1) is 10.7 Å². The van der Waals surface area contributed by atoms with Crippen molar-refractivity contribution in [3.05, 3.63) is 76.8 Å². The van der Waals surface area contributed by atoms with Gasteiger partial charge < -0.3 is 10.6 Å². The molecular weight excluding hydrogens is 409 g/mol. The number of benzene rings is 2. The number of nitrogens with zero attached hydrogens (tertiary/aromatic N) is 4. The second kappa shape index (κ2) is 11.0. The van der Waals surface area contributed by atoms with Crippen LogP contribution in [0.25, 0.3) is 5.69 Å². The van der Waals surface area contributed by atoms with Gasteiger partial charge in [0.2, 0.25) is 5.82 Å². The molecule has 0 unspecified atom stereocenters. The molecule has 29 heavy (non-hydrogen) atoms. The minimum Gasteiger partial charge on any atom is -0.334 e. The topological polar surface area (TPSA) is 77.0 Å². The van der Waals surface area contributed by atoms with Gasteiger partial charge in [0.15, 0.2) is 0 Å². The first-order chi connectivity index (χ1) is 13.6. The number of aromatic nitrogens is 3. The van der Waals surface area contributed by atoms with Crippen molar-refractivity contribution in [1.29, 1.82) is 0 Å². The summed E-state index contributed by atoms with van der Waals surface area (Å²) in [5.41, 5.74) is 7.61. The van der Waals surface area contributed by atoms with E-state index in [9.17, 15) is 4.79 Å². The number of rotatable bonds is 8. The van der Waals surface area contributed by atoms with Crippen LogP contribution in [0.4, 0.5) is 0 Å². The fourth-order valence-corrected chi connectivity index (χ4v) is 3.22. The molecule has 8 heteroatoms. The third-order valence-corrected chi connectivity index (χ3v) is 4.78. The smallest absolute Gasteiger partial charge is 0.293 e. The maximum absolute atomic E-state index is 13.1. The van der Waals surface area contributed by atoms with Crippen LogP contribution in [0.2, 0.25) is 5.02 Å². The molecule has 3 rings (SSSR count). The lowest BCUT2D eigenvalue weighted by molar-refractivity contribution is 0.0750. The molecule has 2 aromatic carbocycles. The Morgan fingerprint density at radius 1 is 1.10 bits per heavy atom. The first-order valence-corrected chi connectivity index (χ1v) is 9.76. The van der Waals surface area contributed by atoms with E-state index in [1.54, 1.807) is 15.6 Å². The molecule has 0 aliphatic rings. The monoisotopic (exact) mass is 433 g/mol. The van der Waals surface area contributed by atoms with Crippen LogP contribution in [0.3, 0.4) is 0 Å². The largest absolute Gasteiger partial charge is 0.334 e. The van der Waals surface area contributed by atoms with Crippen LogP contribution < -0.4 is 5.73 Å². The van der Waals surface area contributed by atoms with E-state index in [-0.39, 0.29) is 24.1 Å². The van der Waals surface area contributed by atoms with Crippen LogP contribution in [0.15, 0.2) is 54.6 Å². The maximum Gasteiger partial charge on any atom is 0.293 e. The van der Waals surface area contributed by atoms with Gasteiger partial charge in [-0.3, -0.25) is 4.79 Å². The molecule has 0 aliphatic carbocycles. The summed E-state index contributed by atoms with van der Waals surface area (Å²) in [5.74, 6) is 0.632. The summed E-state index contributed by atoms with van der Waals surface area (Å²) in [4.78, 5) is 19.2. The first kappa shape index (κ1) is 22.9. The number of aryl methyl sites for hydroxylation is 1.